The van der Waals surface area contributed by atoms with Crippen molar-refractivity contribution in [2.75, 3.05) is 51.1 Å². The molecule has 2 saturated heterocycles. The van der Waals surface area contributed by atoms with E-state index in [-0.39, 0.29) is 44.0 Å². The number of ether oxygens (including phenoxy) is 2. The number of fused-ring (bicyclic) bond motifs is 1. The lowest BCUT2D eigenvalue weighted by Crippen LogP contribution is -2.60. The first-order chi connectivity index (χ1) is 24.7. The Bertz CT molecular complexity index is 1710. The number of aromatic nitrogens is 2. The summed E-state index contributed by atoms with van der Waals surface area (Å²) in [4.78, 5) is 73.2. The second-order valence-corrected chi connectivity index (χ2v) is 17.0. The number of piperidine rings is 1. The van der Waals surface area contributed by atoms with Gasteiger partial charge in [-0.3, -0.25) is 19.6 Å². The van der Waals surface area contributed by atoms with Gasteiger partial charge in [-0.15, -0.1) is 0 Å². The zero-order valence-corrected chi connectivity index (χ0v) is 32.5. The van der Waals surface area contributed by atoms with Gasteiger partial charge >= 0.3 is 23.9 Å². The van der Waals surface area contributed by atoms with Crippen molar-refractivity contribution in [3.63, 3.8) is 0 Å². The van der Waals surface area contributed by atoms with Gasteiger partial charge < -0.3 is 29.9 Å². The number of benzene rings is 1. The van der Waals surface area contributed by atoms with Gasteiger partial charge in [0.1, 0.15) is 22.6 Å². The van der Waals surface area contributed by atoms with E-state index < -0.39 is 34.6 Å². The molecule has 1 aromatic heterocycles. The van der Waals surface area contributed by atoms with E-state index in [9.17, 15) is 24.0 Å². The second kappa shape index (κ2) is 15.4. The lowest BCUT2D eigenvalue weighted by molar-refractivity contribution is -0.138. The van der Waals surface area contributed by atoms with Crippen LogP contribution < -0.4 is 21.6 Å². The van der Waals surface area contributed by atoms with Gasteiger partial charge in [0.2, 0.25) is 5.91 Å². The molecular formula is C38H56N8O7. The Morgan fingerprint density at radius 3 is 1.96 bits per heavy atom. The fourth-order valence-electron chi connectivity index (χ4n) is 7.10. The van der Waals surface area contributed by atoms with Crippen molar-refractivity contribution >= 4 is 29.9 Å². The summed E-state index contributed by atoms with van der Waals surface area (Å²) in [5, 5.41) is 8.26. The largest absolute Gasteiger partial charge is 0.444 e. The van der Waals surface area contributed by atoms with Gasteiger partial charge in [-0.05, 0) is 110 Å². The number of hydrogen-bond acceptors (Lipinski definition) is 9. The molecule has 0 bridgehead atoms. The number of alkyl carbamates (subject to hydrolysis) is 2. The Balaban J connectivity index is 1.05. The zero-order chi connectivity index (χ0) is 38.9. The van der Waals surface area contributed by atoms with Gasteiger partial charge in [-0.2, -0.15) is 4.98 Å². The van der Waals surface area contributed by atoms with Gasteiger partial charge in [0.25, 0.3) is 0 Å². The van der Waals surface area contributed by atoms with Crippen LogP contribution in [0.5, 0.6) is 0 Å². The third-order valence-electron chi connectivity index (χ3n) is 9.89. The molecule has 2 aromatic rings. The van der Waals surface area contributed by atoms with Crippen molar-refractivity contribution in [2.24, 2.45) is 17.8 Å². The maximum absolute atomic E-state index is 13.2. The number of anilines is 1. The maximum atomic E-state index is 13.2. The number of amides is 5. The van der Waals surface area contributed by atoms with Gasteiger partial charge in [0.05, 0.1) is 5.69 Å². The molecule has 5 amide bonds. The number of carbonyl (C=O) groups is 4. The van der Waals surface area contributed by atoms with Crippen LogP contribution in [0.1, 0.15) is 67.9 Å². The third kappa shape index (κ3) is 10.5. The minimum atomic E-state index is -1.19. The SMILES string of the molecule is C[C@H](Cc1ccc(-n2ccc(NC(=O)N3CCN(C(=O)C(C)(C)NC(=O)OC(C)(C)C)CC3)nc2=O)cc1)N1C[C@@H]2C(CNC(=O)OC(C)(C)C)[C@H]2C1. The highest BCUT2D eigenvalue weighted by molar-refractivity contribution is 5.90. The fourth-order valence-corrected chi connectivity index (χ4v) is 7.10. The minimum Gasteiger partial charge on any atom is -0.444 e. The van der Waals surface area contributed by atoms with Crippen LogP contribution in [0.2, 0.25) is 0 Å². The predicted octanol–water partition coefficient (Wildman–Crippen LogP) is 3.85. The summed E-state index contributed by atoms with van der Waals surface area (Å²) in [6.07, 6.45) is 1.43. The molecule has 3 atom stereocenters. The van der Waals surface area contributed by atoms with Crippen molar-refractivity contribution < 1.29 is 28.7 Å². The van der Waals surface area contributed by atoms with E-state index in [1.54, 1.807) is 56.7 Å². The van der Waals surface area contributed by atoms with Crippen molar-refractivity contribution in [2.45, 2.75) is 91.5 Å². The number of nitrogens with one attached hydrogen (secondary N) is 3. The Morgan fingerprint density at radius 1 is 0.830 bits per heavy atom. The molecule has 1 aliphatic carbocycles. The van der Waals surface area contributed by atoms with Gasteiger partial charge in [-0.1, -0.05) is 12.1 Å². The summed E-state index contributed by atoms with van der Waals surface area (Å²) < 4.78 is 12.1. The molecule has 0 radical (unpaired) electrons. The first kappa shape index (κ1) is 39.5. The summed E-state index contributed by atoms with van der Waals surface area (Å²) in [5.41, 5.74) is -1.07. The smallest absolute Gasteiger partial charge is 0.408 e. The van der Waals surface area contributed by atoms with Crippen molar-refractivity contribution in [3.8, 4) is 5.69 Å². The van der Waals surface area contributed by atoms with Crippen molar-refractivity contribution in [1.29, 1.82) is 0 Å². The number of urea groups is 1. The molecule has 290 valence electrons. The molecule has 1 saturated carbocycles. The van der Waals surface area contributed by atoms with Gasteiger partial charge in [0, 0.05) is 58.1 Å². The summed E-state index contributed by atoms with van der Waals surface area (Å²) in [5.74, 6) is 1.59. The average molecular weight is 737 g/mol. The van der Waals surface area contributed by atoms with Crippen LogP contribution in [0.4, 0.5) is 20.2 Å². The molecule has 1 aromatic carbocycles. The van der Waals surface area contributed by atoms with Crippen LogP contribution in [-0.2, 0) is 20.7 Å². The molecule has 15 heteroatoms. The van der Waals surface area contributed by atoms with Crippen LogP contribution in [0.15, 0.2) is 41.3 Å². The molecule has 0 spiro atoms. The quantitative estimate of drug-likeness (QED) is 0.347. The zero-order valence-electron chi connectivity index (χ0n) is 32.5. The highest BCUT2D eigenvalue weighted by Gasteiger charge is 2.55. The molecule has 5 rings (SSSR count). The molecule has 53 heavy (non-hydrogen) atoms. The summed E-state index contributed by atoms with van der Waals surface area (Å²) in [6.45, 7) is 20.1. The Labute approximate surface area is 311 Å². The van der Waals surface area contributed by atoms with Gasteiger partial charge in [0.15, 0.2) is 0 Å². The summed E-state index contributed by atoms with van der Waals surface area (Å²) in [6, 6.07) is 9.36. The lowest BCUT2D eigenvalue weighted by Gasteiger charge is -2.38. The highest BCUT2D eigenvalue weighted by Crippen LogP contribution is 2.51. The number of piperazine rings is 1. The van der Waals surface area contributed by atoms with Crippen LogP contribution in [0.3, 0.4) is 0 Å². The first-order valence-electron chi connectivity index (χ1n) is 18.5. The second-order valence-electron chi connectivity index (χ2n) is 17.0. The Kier molecular flexibility index (Phi) is 11.5. The van der Waals surface area contributed by atoms with E-state index in [2.05, 4.69) is 32.8 Å². The third-order valence-corrected chi connectivity index (χ3v) is 9.89. The van der Waals surface area contributed by atoms with E-state index in [4.69, 9.17) is 9.47 Å². The summed E-state index contributed by atoms with van der Waals surface area (Å²) in [7, 11) is 0. The van der Waals surface area contributed by atoms with Crippen LogP contribution in [0.25, 0.3) is 5.69 Å². The van der Waals surface area contributed by atoms with Crippen LogP contribution in [-0.4, -0.2) is 117 Å². The maximum Gasteiger partial charge on any atom is 0.408 e. The molecule has 15 nitrogen and oxygen atoms in total. The molecule has 3 N–H and O–H groups in total. The number of carbonyl (C=O) groups excluding carboxylic acids is 4. The Morgan fingerprint density at radius 2 is 1.40 bits per heavy atom. The molecular weight excluding hydrogens is 680 g/mol. The number of nitrogens with zero attached hydrogens (tertiary/aromatic N) is 5. The van der Waals surface area contributed by atoms with Crippen LogP contribution >= 0.6 is 0 Å². The molecule has 0 unspecified atom stereocenters. The minimum absolute atomic E-state index is 0.134. The van der Waals surface area contributed by atoms with Crippen molar-refractivity contribution in [1.82, 2.24) is 34.9 Å². The fraction of sp³-hybridized carbons (Fsp3) is 0.632. The van der Waals surface area contributed by atoms with Crippen LogP contribution in [0, 0.1) is 17.8 Å². The summed E-state index contributed by atoms with van der Waals surface area (Å²) >= 11 is 0. The van der Waals surface area contributed by atoms with E-state index in [1.807, 2.05) is 45.0 Å². The molecule has 3 heterocycles. The van der Waals surface area contributed by atoms with E-state index in [0.29, 0.717) is 36.0 Å². The topological polar surface area (TPSA) is 167 Å². The standard InChI is InChI=1S/C38H56N8O7/c1-24(45-22-28-27(29(28)23-45)21-39-34(50)52-36(2,3)4)20-25-10-12-26(13-11-25)46-15-14-30(41-33(46)49)40-32(48)44-18-16-43(17-19-44)31(47)38(8,9)42-35(51)53-37(5,6)7/h10-15,24,27-29H,16-23H2,1-9H3,(H,39,50)(H,42,51)(H,40,41,48,49)/t24-,28-,29-/m1/s1. The number of hydrogen-bond donors (Lipinski definition) is 3. The predicted molar refractivity (Wildman–Crippen MR) is 200 cm³/mol. The monoisotopic (exact) mass is 736 g/mol. The lowest BCUT2D eigenvalue weighted by atomic mass is 10.0. The Hall–Kier alpha value is -4.66. The van der Waals surface area contributed by atoms with E-state index in [1.165, 1.54) is 10.1 Å². The highest BCUT2D eigenvalue weighted by atomic mass is 16.6. The van der Waals surface area contributed by atoms with E-state index >= 15 is 0 Å². The number of rotatable bonds is 9. The number of likely N-dealkylation sites (tertiary alicyclic amines) is 1. The van der Waals surface area contributed by atoms with E-state index in [0.717, 1.165) is 19.5 Å². The molecule has 2 aliphatic heterocycles. The average Bonchev–Trinajstić information content (AvgIpc) is 3.49. The first-order valence-corrected chi connectivity index (χ1v) is 18.5. The van der Waals surface area contributed by atoms with Gasteiger partial charge in [-0.25, -0.2) is 19.2 Å². The molecule has 3 aliphatic rings. The molecule has 3 fully saturated rings. The van der Waals surface area contributed by atoms with Crippen molar-refractivity contribution in [3.05, 3.63) is 52.6 Å². The normalized spacial score (nSPS) is 21.0.